The Morgan fingerprint density at radius 1 is 1.07 bits per heavy atom. The smallest absolute Gasteiger partial charge is 0.263 e. The Balaban J connectivity index is 1.38. The molecule has 12 heteroatoms. The average molecular weight is 662 g/mol. The van der Waals surface area contributed by atoms with E-state index < -0.39 is 0 Å². The van der Waals surface area contributed by atoms with E-state index in [9.17, 15) is 18.8 Å². The van der Waals surface area contributed by atoms with Gasteiger partial charge in [-0.05, 0) is 92.9 Å². The lowest BCUT2D eigenvalue weighted by molar-refractivity contribution is 0.0653. The number of hydrogen-bond donors (Lipinski definition) is 3. The Morgan fingerprint density at radius 3 is 2.52 bits per heavy atom. The molecule has 3 N–H and O–H groups in total. The topological polar surface area (TPSA) is 112 Å². The number of fused-ring (bicyclic) bond motifs is 2. The number of hydrogen-bond acceptors (Lipinski definition) is 5. The third-order valence-corrected chi connectivity index (χ3v) is 9.03. The van der Waals surface area contributed by atoms with Crippen molar-refractivity contribution in [1.29, 1.82) is 0 Å². The standard InChI is InChI=1S/C34H31Cl2FN6O3/c1-18(12-22-16-39-29-11-7-23(37)15-25(22)29)40-34-41-30-17-42(32(45)21-6-10-27(35)28(36)14-21)19(2)13-26(30)33(46)43(34)24-8-4-20(5-9-24)31(44)38-3/h4-11,14-16,18-19,39H,12-13,17H2,1-3H3,(H,38,44)(H,40,41)/t18?,19-/m1/s1. The van der Waals surface area contributed by atoms with Gasteiger partial charge in [-0.1, -0.05) is 23.2 Å². The Labute approximate surface area is 274 Å². The number of rotatable bonds is 7. The highest BCUT2D eigenvalue weighted by Gasteiger charge is 2.32. The summed E-state index contributed by atoms with van der Waals surface area (Å²) < 4.78 is 15.5. The zero-order chi connectivity index (χ0) is 32.7. The number of H-pyrrole nitrogens is 1. The summed E-state index contributed by atoms with van der Waals surface area (Å²) in [4.78, 5) is 49.7. The Bertz CT molecular complexity index is 2040. The molecular formula is C34H31Cl2FN6O3. The zero-order valence-corrected chi connectivity index (χ0v) is 26.8. The molecule has 46 heavy (non-hydrogen) atoms. The van der Waals surface area contributed by atoms with Gasteiger partial charge in [0.2, 0.25) is 5.95 Å². The van der Waals surface area contributed by atoms with Crippen molar-refractivity contribution in [2.45, 2.75) is 45.3 Å². The molecule has 0 aliphatic carbocycles. The second kappa shape index (κ2) is 12.6. The fraction of sp³-hybridized carbons (Fsp3) is 0.235. The quantitative estimate of drug-likeness (QED) is 0.194. The lowest BCUT2D eigenvalue weighted by Gasteiger charge is -2.35. The molecule has 1 aliphatic rings. The SMILES string of the molecule is CNC(=O)c1ccc(-n2c(NC(C)Cc3c[nH]c4ccc(F)cc34)nc3c(c2=O)C[C@@H](C)N(C(=O)c2ccc(Cl)c(Cl)c2)C3)cc1. The summed E-state index contributed by atoms with van der Waals surface area (Å²) in [7, 11) is 1.55. The van der Waals surface area contributed by atoms with Gasteiger partial charge in [0.25, 0.3) is 17.4 Å². The first-order valence-electron chi connectivity index (χ1n) is 14.8. The molecule has 1 unspecified atom stereocenters. The number of nitrogens with one attached hydrogen (secondary N) is 3. The normalized spacial score (nSPS) is 15.0. The fourth-order valence-corrected chi connectivity index (χ4v) is 6.19. The first-order chi connectivity index (χ1) is 22.0. The molecule has 2 aromatic heterocycles. The van der Waals surface area contributed by atoms with Crippen molar-refractivity contribution >= 4 is 51.9 Å². The first-order valence-corrected chi connectivity index (χ1v) is 15.5. The second-order valence-corrected chi connectivity index (χ2v) is 12.3. The van der Waals surface area contributed by atoms with Gasteiger partial charge in [-0.2, -0.15) is 0 Å². The highest BCUT2D eigenvalue weighted by Crippen LogP contribution is 2.28. The Hall–Kier alpha value is -4.67. The summed E-state index contributed by atoms with van der Waals surface area (Å²) >= 11 is 12.3. The third-order valence-electron chi connectivity index (χ3n) is 8.29. The van der Waals surface area contributed by atoms with Gasteiger partial charge in [-0.3, -0.25) is 14.4 Å². The summed E-state index contributed by atoms with van der Waals surface area (Å²) in [6, 6.07) is 15.5. The lowest BCUT2D eigenvalue weighted by atomic mass is 9.98. The summed E-state index contributed by atoms with van der Waals surface area (Å²) in [5.41, 5.74) is 3.81. The van der Waals surface area contributed by atoms with E-state index in [4.69, 9.17) is 28.2 Å². The van der Waals surface area contributed by atoms with Gasteiger partial charge in [-0.25, -0.2) is 13.9 Å². The summed E-state index contributed by atoms with van der Waals surface area (Å²) in [6.07, 6.45) is 2.65. The maximum atomic E-state index is 14.2. The molecule has 3 heterocycles. The minimum Gasteiger partial charge on any atom is -0.361 e. The minimum atomic E-state index is -0.325. The van der Waals surface area contributed by atoms with E-state index >= 15 is 0 Å². The number of aromatic nitrogens is 3. The van der Waals surface area contributed by atoms with Crippen molar-refractivity contribution in [3.05, 3.63) is 121 Å². The van der Waals surface area contributed by atoms with E-state index in [0.29, 0.717) is 45.9 Å². The van der Waals surface area contributed by atoms with Crippen LogP contribution < -0.4 is 16.2 Å². The first kappa shape index (κ1) is 31.3. The second-order valence-electron chi connectivity index (χ2n) is 11.5. The van der Waals surface area contributed by atoms with Crippen LogP contribution in [0.3, 0.4) is 0 Å². The summed E-state index contributed by atoms with van der Waals surface area (Å²) in [5, 5.41) is 7.40. The van der Waals surface area contributed by atoms with Crippen LogP contribution in [0.15, 0.2) is 71.7 Å². The van der Waals surface area contributed by atoms with Crippen LogP contribution in [0, 0.1) is 5.82 Å². The maximum Gasteiger partial charge on any atom is 0.263 e. The van der Waals surface area contributed by atoms with E-state index in [1.165, 1.54) is 22.8 Å². The molecule has 3 aromatic carbocycles. The molecule has 0 saturated heterocycles. The van der Waals surface area contributed by atoms with Crippen LogP contribution in [-0.4, -0.2) is 50.4 Å². The van der Waals surface area contributed by atoms with Gasteiger partial charge in [0, 0.05) is 52.9 Å². The summed E-state index contributed by atoms with van der Waals surface area (Å²) in [5.74, 6) is -0.535. The van der Waals surface area contributed by atoms with Gasteiger partial charge in [0.1, 0.15) is 5.82 Å². The number of benzene rings is 3. The number of anilines is 1. The van der Waals surface area contributed by atoms with Crippen LogP contribution in [0.1, 0.15) is 51.4 Å². The molecule has 0 spiro atoms. The van der Waals surface area contributed by atoms with Crippen LogP contribution >= 0.6 is 23.2 Å². The van der Waals surface area contributed by atoms with Crippen molar-refractivity contribution in [2.24, 2.45) is 0 Å². The highest BCUT2D eigenvalue weighted by molar-refractivity contribution is 6.42. The third kappa shape index (κ3) is 5.98. The number of halogens is 3. The van der Waals surface area contributed by atoms with E-state index in [2.05, 4.69) is 15.6 Å². The molecule has 0 bridgehead atoms. The van der Waals surface area contributed by atoms with E-state index in [1.54, 1.807) is 54.4 Å². The molecule has 9 nitrogen and oxygen atoms in total. The number of carbonyl (C=O) groups excluding carboxylic acids is 2. The fourth-order valence-electron chi connectivity index (χ4n) is 5.89. The average Bonchev–Trinajstić information content (AvgIpc) is 3.43. The Morgan fingerprint density at radius 2 is 1.80 bits per heavy atom. The van der Waals surface area contributed by atoms with Crippen molar-refractivity contribution in [3.8, 4) is 5.69 Å². The van der Waals surface area contributed by atoms with Crippen molar-refractivity contribution in [3.63, 3.8) is 0 Å². The molecule has 1 aliphatic heterocycles. The van der Waals surface area contributed by atoms with E-state index in [-0.39, 0.29) is 52.8 Å². The number of aromatic amines is 1. The van der Waals surface area contributed by atoms with Gasteiger partial charge in [-0.15, -0.1) is 0 Å². The van der Waals surface area contributed by atoms with E-state index in [0.717, 1.165) is 16.5 Å². The molecule has 5 aromatic rings. The van der Waals surface area contributed by atoms with Crippen LogP contribution in [0.4, 0.5) is 10.3 Å². The predicted molar refractivity (Wildman–Crippen MR) is 178 cm³/mol. The zero-order valence-electron chi connectivity index (χ0n) is 25.3. The summed E-state index contributed by atoms with van der Waals surface area (Å²) in [6.45, 7) is 3.95. The molecule has 236 valence electrons. The van der Waals surface area contributed by atoms with Crippen LogP contribution in [0.5, 0.6) is 0 Å². The molecule has 2 amide bonds. The molecule has 0 saturated carbocycles. The van der Waals surface area contributed by atoms with Gasteiger partial charge < -0.3 is 20.5 Å². The number of carbonyl (C=O) groups is 2. The number of amides is 2. The monoisotopic (exact) mass is 660 g/mol. The molecule has 0 fully saturated rings. The van der Waals surface area contributed by atoms with Crippen molar-refractivity contribution in [1.82, 2.24) is 24.8 Å². The van der Waals surface area contributed by atoms with Gasteiger partial charge >= 0.3 is 0 Å². The van der Waals surface area contributed by atoms with E-state index in [1.807, 2.05) is 20.0 Å². The van der Waals surface area contributed by atoms with Crippen molar-refractivity contribution < 1.29 is 14.0 Å². The number of nitrogens with zero attached hydrogens (tertiary/aromatic N) is 3. The van der Waals surface area contributed by atoms with Crippen LogP contribution in [0.25, 0.3) is 16.6 Å². The van der Waals surface area contributed by atoms with Crippen molar-refractivity contribution in [2.75, 3.05) is 12.4 Å². The highest BCUT2D eigenvalue weighted by atomic mass is 35.5. The lowest BCUT2D eigenvalue weighted by Crippen LogP contribution is -2.46. The molecular weight excluding hydrogens is 630 g/mol. The van der Waals surface area contributed by atoms with Gasteiger partial charge in [0.15, 0.2) is 0 Å². The maximum absolute atomic E-state index is 14.2. The molecule has 2 atom stereocenters. The Kier molecular flexibility index (Phi) is 8.59. The largest absolute Gasteiger partial charge is 0.361 e. The predicted octanol–water partition coefficient (Wildman–Crippen LogP) is 6.15. The molecule has 0 radical (unpaired) electrons. The molecule has 6 rings (SSSR count). The van der Waals surface area contributed by atoms with Gasteiger partial charge in [0.05, 0.1) is 28.0 Å². The van der Waals surface area contributed by atoms with Crippen LogP contribution in [0.2, 0.25) is 10.0 Å². The minimum absolute atomic E-state index is 0.117. The van der Waals surface area contributed by atoms with Crippen LogP contribution in [-0.2, 0) is 19.4 Å².